The van der Waals surface area contributed by atoms with Crippen LogP contribution in [0.4, 0.5) is 5.69 Å². The fraction of sp³-hybridized carbons (Fsp3) is 0.435. The lowest BCUT2D eigenvalue weighted by atomic mass is 10.2. The number of anilines is 1. The van der Waals surface area contributed by atoms with Crippen molar-refractivity contribution in [2.75, 3.05) is 65.5 Å². The van der Waals surface area contributed by atoms with Crippen molar-refractivity contribution in [2.45, 2.75) is 6.42 Å². The van der Waals surface area contributed by atoms with E-state index in [1.807, 2.05) is 18.2 Å². The van der Waals surface area contributed by atoms with E-state index in [4.69, 9.17) is 14.2 Å². The Labute approximate surface area is 178 Å². The van der Waals surface area contributed by atoms with Gasteiger partial charge in [0.15, 0.2) is 11.5 Å². The lowest BCUT2D eigenvalue weighted by Crippen LogP contribution is -2.47. The maximum atomic E-state index is 12.4. The highest BCUT2D eigenvalue weighted by atomic mass is 16.5. The Kier molecular flexibility index (Phi) is 7.79. The number of rotatable bonds is 9. The summed E-state index contributed by atoms with van der Waals surface area (Å²) in [5.41, 5.74) is 1.72. The van der Waals surface area contributed by atoms with E-state index in [1.54, 1.807) is 39.5 Å². The van der Waals surface area contributed by atoms with Gasteiger partial charge in [-0.15, -0.1) is 0 Å². The molecule has 162 valence electrons. The minimum absolute atomic E-state index is 0.100. The molecule has 7 heteroatoms. The zero-order valence-corrected chi connectivity index (χ0v) is 18.0. The van der Waals surface area contributed by atoms with Gasteiger partial charge in [-0.05, 0) is 43.3 Å². The highest BCUT2D eigenvalue weighted by Gasteiger charge is 2.19. The molecule has 1 amide bonds. The zero-order valence-electron chi connectivity index (χ0n) is 18.0. The van der Waals surface area contributed by atoms with E-state index in [0.717, 1.165) is 50.6 Å². The van der Waals surface area contributed by atoms with Gasteiger partial charge in [-0.3, -0.25) is 9.69 Å². The third-order valence-corrected chi connectivity index (χ3v) is 5.38. The molecular weight excluding hydrogens is 382 g/mol. The summed E-state index contributed by atoms with van der Waals surface area (Å²) in [5, 5.41) is 2.99. The van der Waals surface area contributed by atoms with Crippen LogP contribution in [-0.4, -0.2) is 71.4 Å². The summed E-state index contributed by atoms with van der Waals surface area (Å²) in [7, 11) is 4.85. The number of carbonyl (C=O) groups excluding carboxylic acids is 1. The van der Waals surface area contributed by atoms with Crippen molar-refractivity contribution in [3.05, 3.63) is 48.0 Å². The van der Waals surface area contributed by atoms with Crippen LogP contribution in [0, 0.1) is 0 Å². The van der Waals surface area contributed by atoms with Gasteiger partial charge in [-0.1, -0.05) is 12.1 Å². The van der Waals surface area contributed by atoms with Gasteiger partial charge < -0.3 is 24.4 Å². The van der Waals surface area contributed by atoms with Crippen LogP contribution in [0.5, 0.6) is 17.2 Å². The van der Waals surface area contributed by atoms with Gasteiger partial charge in [0.05, 0.1) is 27.0 Å². The molecule has 1 fully saturated rings. The smallest absolute Gasteiger partial charge is 0.251 e. The summed E-state index contributed by atoms with van der Waals surface area (Å²) in [4.78, 5) is 17.2. The second-order valence-electron chi connectivity index (χ2n) is 7.18. The summed E-state index contributed by atoms with van der Waals surface area (Å²) >= 11 is 0. The first-order chi connectivity index (χ1) is 14.7. The number of hydrogen-bond donors (Lipinski definition) is 1. The minimum atomic E-state index is -0.100. The lowest BCUT2D eigenvalue weighted by molar-refractivity contribution is 0.0951. The van der Waals surface area contributed by atoms with Crippen LogP contribution < -0.4 is 24.4 Å². The van der Waals surface area contributed by atoms with Crippen LogP contribution in [0.15, 0.2) is 42.5 Å². The van der Waals surface area contributed by atoms with Crippen molar-refractivity contribution in [2.24, 2.45) is 0 Å². The molecule has 0 bridgehead atoms. The lowest BCUT2D eigenvalue weighted by Gasteiger charge is -2.36. The fourth-order valence-electron chi connectivity index (χ4n) is 3.69. The third-order valence-electron chi connectivity index (χ3n) is 5.38. The molecule has 0 spiro atoms. The number of para-hydroxylation sites is 2. The number of benzene rings is 2. The molecule has 2 aromatic rings. The first-order valence-corrected chi connectivity index (χ1v) is 10.3. The van der Waals surface area contributed by atoms with Crippen LogP contribution in [0.1, 0.15) is 16.8 Å². The van der Waals surface area contributed by atoms with Crippen molar-refractivity contribution >= 4 is 11.6 Å². The standard InChI is InChI=1S/C23H31N3O4/c1-28-20-8-5-4-7-19(20)26-15-13-25(14-16-26)12-6-11-24-23(27)18-9-10-21(29-2)22(17-18)30-3/h4-5,7-10,17H,6,11-16H2,1-3H3,(H,24,27). The molecule has 0 aromatic heterocycles. The van der Waals surface area contributed by atoms with Gasteiger partial charge in [0.2, 0.25) is 0 Å². The zero-order chi connectivity index (χ0) is 21.3. The van der Waals surface area contributed by atoms with Crippen LogP contribution in [0.25, 0.3) is 0 Å². The first-order valence-electron chi connectivity index (χ1n) is 10.3. The molecule has 7 nitrogen and oxygen atoms in total. The quantitative estimate of drug-likeness (QED) is 0.638. The molecule has 0 unspecified atom stereocenters. The van der Waals surface area contributed by atoms with Crippen molar-refractivity contribution in [3.8, 4) is 17.2 Å². The van der Waals surface area contributed by atoms with Crippen molar-refractivity contribution in [3.63, 3.8) is 0 Å². The maximum Gasteiger partial charge on any atom is 0.251 e. The van der Waals surface area contributed by atoms with Crippen LogP contribution in [-0.2, 0) is 0 Å². The van der Waals surface area contributed by atoms with Gasteiger partial charge >= 0.3 is 0 Å². The molecule has 1 N–H and O–H groups in total. The van der Waals surface area contributed by atoms with E-state index in [1.165, 1.54) is 0 Å². The monoisotopic (exact) mass is 413 g/mol. The molecule has 3 rings (SSSR count). The third kappa shape index (κ3) is 5.36. The number of piperazine rings is 1. The second-order valence-corrected chi connectivity index (χ2v) is 7.18. The number of nitrogens with one attached hydrogen (secondary N) is 1. The van der Waals surface area contributed by atoms with E-state index >= 15 is 0 Å². The predicted molar refractivity (Wildman–Crippen MR) is 118 cm³/mol. The summed E-state index contributed by atoms with van der Waals surface area (Å²) in [6, 6.07) is 13.3. The minimum Gasteiger partial charge on any atom is -0.495 e. The van der Waals surface area contributed by atoms with E-state index in [0.29, 0.717) is 23.6 Å². The molecule has 1 saturated heterocycles. The SMILES string of the molecule is COc1ccc(C(=O)NCCCN2CCN(c3ccccc3OC)CC2)cc1OC. The summed E-state index contributed by atoms with van der Waals surface area (Å²) < 4.78 is 16.0. The molecular formula is C23H31N3O4. The highest BCUT2D eigenvalue weighted by Crippen LogP contribution is 2.28. The Morgan fingerprint density at radius 1 is 0.900 bits per heavy atom. The highest BCUT2D eigenvalue weighted by molar-refractivity contribution is 5.94. The van der Waals surface area contributed by atoms with Gasteiger partial charge in [-0.2, -0.15) is 0 Å². The summed E-state index contributed by atoms with van der Waals surface area (Å²) in [5.74, 6) is 1.99. The van der Waals surface area contributed by atoms with Gasteiger partial charge in [0.1, 0.15) is 5.75 Å². The number of carbonyl (C=O) groups is 1. The summed E-state index contributed by atoms with van der Waals surface area (Å²) in [6.45, 7) is 5.55. The fourth-order valence-corrected chi connectivity index (χ4v) is 3.69. The topological polar surface area (TPSA) is 63.3 Å². The van der Waals surface area contributed by atoms with Gasteiger partial charge in [0, 0.05) is 38.3 Å². The molecule has 0 aliphatic carbocycles. The molecule has 0 atom stereocenters. The number of hydrogen-bond acceptors (Lipinski definition) is 6. The second kappa shape index (κ2) is 10.7. The number of amides is 1. The number of nitrogens with zero attached hydrogens (tertiary/aromatic N) is 2. The first kappa shape index (κ1) is 21.8. The maximum absolute atomic E-state index is 12.4. The molecule has 2 aromatic carbocycles. The van der Waals surface area contributed by atoms with Gasteiger partial charge in [-0.25, -0.2) is 0 Å². The van der Waals surface area contributed by atoms with Crippen molar-refractivity contribution < 1.29 is 19.0 Å². The average molecular weight is 414 g/mol. The summed E-state index contributed by atoms with van der Waals surface area (Å²) in [6.07, 6.45) is 0.910. The Hall–Kier alpha value is -2.93. The largest absolute Gasteiger partial charge is 0.495 e. The molecule has 1 aliphatic heterocycles. The average Bonchev–Trinajstić information content (AvgIpc) is 2.81. The molecule has 30 heavy (non-hydrogen) atoms. The van der Waals surface area contributed by atoms with Crippen molar-refractivity contribution in [1.82, 2.24) is 10.2 Å². The van der Waals surface area contributed by atoms with Crippen LogP contribution >= 0.6 is 0 Å². The molecule has 1 heterocycles. The molecule has 1 aliphatic rings. The van der Waals surface area contributed by atoms with E-state index in [2.05, 4.69) is 21.2 Å². The molecule has 0 radical (unpaired) electrons. The van der Waals surface area contributed by atoms with E-state index in [9.17, 15) is 4.79 Å². The van der Waals surface area contributed by atoms with Crippen LogP contribution in [0.2, 0.25) is 0 Å². The molecule has 0 saturated carbocycles. The number of ether oxygens (including phenoxy) is 3. The van der Waals surface area contributed by atoms with Crippen LogP contribution in [0.3, 0.4) is 0 Å². The van der Waals surface area contributed by atoms with Crippen molar-refractivity contribution in [1.29, 1.82) is 0 Å². The Balaban J connectivity index is 1.40. The van der Waals surface area contributed by atoms with Gasteiger partial charge in [0.25, 0.3) is 5.91 Å². The Morgan fingerprint density at radius 2 is 1.60 bits per heavy atom. The normalized spacial score (nSPS) is 14.3. The number of methoxy groups -OCH3 is 3. The van der Waals surface area contributed by atoms with E-state index < -0.39 is 0 Å². The Bertz CT molecular complexity index is 835. The Morgan fingerprint density at radius 3 is 2.30 bits per heavy atom. The predicted octanol–water partition coefficient (Wildman–Crippen LogP) is 2.65. The van der Waals surface area contributed by atoms with E-state index in [-0.39, 0.29) is 5.91 Å².